The minimum Gasteiger partial charge on any atom is -0.456 e. The van der Waals surface area contributed by atoms with E-state index in [1.807, 2.05) is 6.07 Å². The third kappa shape index (κ3) is 6.47. The highest BCUT2D eigenvalue weighted by Gasteiger charge is 2.19. The van der Waals surface area contributed by atoms with Crippen molar-refractivity contribution >= 4 is 17.7 Å². The van der Waals surface area contributed by atoms with E-state index < -0.39 is 11.6 Å². The van der Waals surface area contributed by atoms with Gasteiger partial charge in [-0.05, 0) is 50.5 Å². The first kappa shape index (κ1) is 23.1. The fourth-order valence-electron chi connectivity index (χ4n) is 2.81. The molecule has 0 saturated carbocycles. The summed E-state index contributed by atoms with van der Waals surface area (Å²) in [6, 6.07) is 10.1. The van der Waals surface area contributed by atoms with Crippen LogP contribution in [0, 0.1) is 5.41 Å². The standard InChI is InChI=1S/C24H28N4O4/c1-23(2,3)13-19-27-20(28-32-19)15-8-7-9-16(12-15)21(29)26-18-11-10-17(14-25-18)22(30)31-24(4,5)6/h7-12,14H,13H2,1-6H3,(H,25,26,29). The van der Waals surface area contributed by atoms with Crippen LogP contribution in [0.2, 0.25) is 0 Å². The van der Waals surface area contributed by atoms with E-state index in [0.717, 1.165) is 0 Å². The molecular formula is C24H28N4O4. The maximum Gasteiger partial charge on any atom is 0.340 e. The molecule has 0 aliphatic heterocycles. The number of carbonyl (C=O) groups excluding carboxylic acids is 2. The Hall–Kier alpha value is -3.55. The molecule has 8 nitrogen and oxygen atoms in total. The Morgan fingerprint density at radius 2 is 1.78 bits per heavy atom. The highest BCUT2D eigenvalue weighted by molar-refractivity contribution is 6.04. The number of hydrogen-bond donors (Lipinski definition) is 1. The summed E-state index contributed by atoms with van der Waals surface area (Å²) in [5.41, 5.74) is 0.833. The van der Waals surface area contributed by atoms with Crippen molar-refractivity contribution in [3.05, 3.63) is 59.6 Å². The Morgan fingerprint density at radius 3 is 2.41 bits per heavy atom. The van der Waals surface area contributed by atoms with Gasteiger partial charge in [-0.15, -0.1) is 0 Å². The summed E-state index contributed by atoms with van der Waals surface area (Å²) < 4.78 is 10.7. The molecule has 2 heterocycles. The van der Waals surface area contributed by atoms with Crippen LogP contribution >= 0.6 is 0 Å². The van der Waals surface area contributed by atoms with Crippen molar-refractivity contribution in [2.45, 2.75) is 53.6 Å². The fourth-order valence-corrected chi connectivity index (χ4v) is 2.81. The molecule has 3 rings (SSSR count). The maximum absolute atomic E-state index is 12.7. The quantitative estimate of drug-likeness (QED) is 0.565. The van der Waals surface area contributed by atoms with Crippen molar-refractivity contribution in [1.29, 1.82) is 0 Å². The van der Waals surface area contributed by atoms with Gasteiger partial charge in [-0.25, -0.2) is 9.78 Å². The second-order valence-corrected chi connectivity index (χ2v) is 9.72. The molecule has 32 heavy (non-hydrogen) atoms. The number of ether oxygens (including phenoxy) is 1. The van der Waals surface area contributed by atoms with Crippen molar-refractivity contribution < 1.29 is 18.8 Å². The van der Waals surface area contributed by atoms with Crippen molar-refractivity contribution in [3.63, 3.8) is 0 Å². The molecule has 0 saturated heterocycles. The van der Waals surface area contributed by atoms with Crippen LogP contribution in [0.5, 0.6) is 0 Å². The van der Waals surface area contributed by atoms with E-state index >= 15 is 0 Å². The van der Waals surface area contributed by atoms with E-state index in [9.17, 15) is 9.59 Å². The minimum atomic E-state index is -0.596. The molecular weight excluding hydrogens is 408 g/mol. The van der Waals surface area contributed by atoms with Gasteiger partial charge in [0.1, 0.15) is 11.4 Å². The van der Waals surface area contributed by atoms with Gasteiger partial charge in [0.05, 0.1) is 5.56 Å². The van der Waals surface area contributed by atoms with Crippen LogP contribution in [0.15, 0.2) is 47.1 Å². The van der Waals surface area contributed by atoms with Gasteiger partial charge in [-0.1, -0.05) is 38.1 Å². The van der Waals surface area contributed by atoms with Gasteiger partial charge in [0.25, 0.3) is 5.91 Å². The molecule has 8 heteroatoms. The molecule has 2 aromatic heterocycles. The molecule has 1 N–H and O–H groups in total. The van der Waals surface area contributed by atoms with Crippen molar-refractivity contribution in [2.75, 3.05) is 5.32 Å². The summed E-state index contributed by atoms with van der Waals surface area (Å²) in [5.74, 6) is 0.486. The summed E-state index contributed by atoms with van der Waals surface area (Å²) in [7, 11) is 0. The highest BCUT2D eigenvalue weighted by Crippen LogP contribution is 2.23. The molecule has 1 amide bonds. The average molecular weight is 437 g/mol. The zero-order valence-corrected chi connectivity index (χ0v) is 19.2. The van der Waals surface area contributed by atoms with E-state index in [0.29, 0.717) is 40.6 Å². The summed E-state index contributed by atoms with van der Waals surface area (Å²) in [6.45, 7) is 11.7. The molecule has 168 valence electrons. The smallest absolute Gasteiger partial charge is 0.340 e. The number of hydrogen-bond acceptors (Lipinski definition) is 7. The molecule has 0 fully saturated rings. The van der Waals surface area contributed by atoms with E-state index in [-0.39, 0.29) is 11.3 Å². The number of amides is 1. The number of rotatable bonds is 5. The Balaban J connectivity index is 1.69. The molecule has 0 aliphatic rings. The lowest BCUT2D eigenvalue weighted by Gasteiger charge is -2.19. The lowest BCUT2D eigenvalue weighted by Crippen LogP contribution is -2.24. The van der Waals surface area contributed by atoms with Crippen molar-refractivity contribution in [1.82, 2.24) is 15.1 Å². The van der Waals surface area contributed by atoms with Crippen LogP contribution in [0.1, 0.15) is 68.1 Å². The summed E-state index contributed by atoms with van der Waals surface area (Å²) in [5, 5.41) is 6.75. The van der Waals surface area contributed by atoms with Crippen LogP contribution < -0.4 is 5.32 Å². The number of benzene rings is 1. The van der Waals surface area contributed by atoms with Gasteiger partial charge in [-0.2, -0.15) is 4.98 Å². The van der Waals surface area contributed by atoms with Gasteiger partial charge < -0.3 is 14.6 Å². The first-order chi connectivity index (χ1) is 14.9. The predicted octanol–water partition coefficient (Wildman–Crippen LogP) is 4.93. The van der Waals surface area contributed by atoms with Crippen LogP contribution in [0.25, 0.3) is 11.4 Å². The fraction of sp³-hybridized carbons (Fsp3) is 0.375. The van der Waals surface area contributed by atoms with Crippen molar-refractivity contribution in [2.24, 2.45) is 5.41 Å². The van der Waals surface area contributed by atoms with Gasteiger partial charge in [0, 0.05) is 23.7 Å². The van der Waals surface area contributed by atoms with Crippen molar-refractivity contribution in [3.8, 4) is 11.4 Å². The summed E-state index contributed by atoms with van der Waals surface area (Å²) >= 11 is 0. The van der Waals surface area contributed by atoms with E-state index in [4.69, 9.17) is 9.26 Å². The predicted molar refractivity (Wildman–Crippen MR) is 120 cm³/mol. The molecule has 3 aromatic rings. The van der Waals surface area contributed by atoms with Gasteiger partial charge >= 0.3 is 5.97 Å². The molecule has 0 unspecified atom stereocenters. The van der Waals surface area contributed by atoms with E-state index in [1.54, 1.807) is 51.1 Å². The number of anilines is 1. The molecule has 0 radical (unpaired) electrons. The Morgan fingerprint density at radius 1 is 1.03 bits per heavy atom. The second-order valence-electron chi connectivity index (χ2n) is 9.72. The number of nitrogens with one attached hydrogen (secondary N) is 1. The zero-order valence-electron chi connectivity index (χ0n) is 19.2. The van der Waals surface area contributed by atoms with E-state index in [1.165, 1.54) is 6.20 Å². The Bertz CT molecular complexity index is 1110. The monoisotopic (exact) mass is 436 g/mol. The SMILES string of the molecule is CC(C)(C)Cc1nc(-c2cccc(C(=O)Nc3ccc(C(=O)OC(C)(C)C)cn3)c2)no1. The Labute approximate surface area is 187 Å². The van der Waals surface area contributed by atoms with E-state index in [2.05, 4.69) is 41.2 Å². The third-order valence-corrected chi connectivity index (χ3v) is 4.17. The zero-order chi connectivity index (χ0) is 23.5. The normalized spacial score (nSPS) is 11.8. The lowest BCUT2D eigenvalue weighted by atomic mass is 9.92. The summed E-state index contributed by atoms with van der Waals surface area (Å²) in [4.78, 5) is 33.4. The first-order valence-electron chi connectivity index (χ1n) is 10.3. The maximum atomic E-state index is 12.7. The average Bonchev–Trinajstić information content (AvgIpc) is 3.14. The molecule has 0 spiro atoms. The summed E-state index contributed by atoms with van der Waals surface area (Å²) in [6.07, 6.45) is 2.03. The third-order valence-electron chi connectivity index (χ3n) is 4.17. The first-order valence-corrected chi connectivity index (χ1v) is 10.3. The second kappa shape index (κ2) is 8.90. The number of carbonyl (C=O) groups is 2. The van der Waals surface area contributed by atoms with Gasteiger partial charge in [0.2, 0.25) is 11.7 Å². The highest BCUT2D eigenvalue weighted by atomic mass is 16.6. The van der Waals surface area contributed by atoms with Gasteiger partial charge in [-0.3, -0.25) is 4.79 Å². The molecule has 0 aliphatic carbocycles. The largest absolute Gasteiger partial charge is 0.456 e. The van der Waals surface area contributed by atoms with Crippen LogP contribution in [-0.4, -0.2) is 32.6 Å². The number of nitrogens with zero attached hydrogens (tertiary/aromatic N) is 3. The topological polar surface area (TPSA) is 107 Å². The molecule has 0 bridgehead atoms. The lowest BCUT2D eigenvalue weighted by molar-refractivity contribution is 0.00690. The minimum absolute atomic E-state index is 0.0254. The number of aromatic nitrogens is 3. The molecule has 0 atom stereocenters. The van der Waals surface area contributed by atoms with Gasteiger partial charge in [0.15, 0.2) is 0 Å². The molecule has 1 aromatic carbocycles. The van der Waals surface area contributed by atoms with Crippen LogP contribution in [0.3, 0.4) is 0 Å². The number of esters is 1. The Kier molecular flexibility index (Phi) is 6.43. The van der Waals surface area contributed by atoms with Crippen LogP contribution in [-0.2, 0) is 11.2 Å². The van der Waals surface area contributed by atoms with Crippen LogP contribution in [0.4, 0.5) is 5.82 Å². The number of pyridine rings is 1.